The van der Waals surface area contributed by atoms with E-state index in [0.717, 1.165) is 18.7 Å². The van der Waals surface area contributed by atoms with Crippen LogP contribution in [-0.4, -0.2) is 11.7 Å². The molecule has 1 rings (SSSR count). The molecule has 0 radical (unpaired) electrons. The first-order chi connectivity index (χ1) is 10.7. The SMILES string of the molecule is CCCCCCCCCCCNC(=S)Nc1ccc(F)cc1. The van der Waals surface area contributed by atoms with Crippen LogP contribution in [0.5, 0.6) is 0 Å². The lowest BCUT2D eigenvalue weighted by Gasteiger charge is -2.10. The van der Waals surface area contributed by atoms with Crippen LogP contribution in [0.3, 0.4) is 0 Å². The first kappa shape index (κ1) is 18.9. The lowest BCUT2D eigenvalue weighted by atomic mass is 10.1. The Morgan fingerprint density at radius 1 is 0.909 bits per heavy atom. The molecule has 2 N–H and O–H groups in total. The average molecular weight is 325 g/mol. The van der Waals surface area contributed by atoms with Gasteiger partial charge in [-0.05, 0) is 42.9 Å². The fourth-order valence-corrected chi connectivity index (χ4v) is 2.57. The van der Waals surface area contributed by atoms with Gasteiger partial charge in [0.2, 0.25) is 0 Å². The molecule has 0 fully saturated rings. The van der Waals surface area contributed by atoms with Gasteiger partial charge in [-0.1, -0.05) is 58.3 Å². The summed E-state index contributed by atoms with van der Waals surface area (Å²) in [6, 6.07) is 6.21. The lowest BCUT2D eigenvalue weighted by Crippen LogP contribution is -2.29. The molecular weight excluding hydrogens is 295 g/mol. The Kier molecular flexibility index (Phi) is 10.6. The fourth-order valence-electron chi connectivity index (χ4n) is 2.35. The van der Waals surface area contributed by atoms with Crippen LogP contribution < -0.4 is 10.6 Å². The molecule has 2 nitrogen and oxygen atoms in total. The number of nitrogens with one attached hydrogen (secondary N) is 2. The highest BCUT2D eigenvalue weighted by Crippen LogP contribution is 2.10. The molecule has 1 aromatic carbocycles. The maximum atomic E-state index is 12.8. The van der Waals surface area contributed by atoms with Crippen molar-refractivity contribution in [2.75, 3.05) is 11.9 Å². The highest BCUT2D eigenvalue weighted by atomic mass is 32.1. The number of anilines is 1. The van der Waals surface area contributed by atoms with Crippen molar-refractivity contribution in [2.45, 2.75) is 64.7 Å². The lowest BCUT2D eigenvalue weighted by molar-refractivity contribution is 0.563. The number of thiocarbonyl (C=S) groups is 1. The van der Waals surface area contributed by atoms with Crippen molar-refractivity contribution >= 4 is 23.0 Å². The molecule has 0 unspecified atom stereocenters. The van der Waals surface area contributed by atoms with Gasteiger partial charge < -0.3 is 10.6 Å². The molecule has 0 saturated carbocycles. The standard InChI is InChI=1S/C18H29FN2S/c1-2-3-4-5-6-7-8-9-10-15-20-18(22)21-17-13-11-16(19)12-14-17/h11-14H,2-10,15H2,1H3,(H2,20,21,22). The molecule has 124 valence electrons. The first-order valence-corrected chi connectivity index (χ1v) is 8.93. The van der Waals surface area contributed by atoms with Gasteiger partial charge in [-0.15, -0.1) is 0 Å². The van der Waals surface area contributed by atoms with Gasteiger partial charge in [0.25, 0.3) is 0 Å². The number of halogens is 1. The van der Waals surface area contributed by atoms with Crippen LogP contribution in [0.2, 0.25) is 0 Å². The summed E-state index contributed by atoms with van der Waals surface area (Å²) < 4.78 is 12.8. The number of benzene rings is 1. The van der Waals surface area contributed by atoms with E-state index in [2.05, 4.69) is 17.6 Å². The largest absolute Gasteiger partial charge is 0.362 e. The van der Waals surface area contributed by atoms with E-state index < -0.39 is 0 Å². The summed E-state index contributed by atoms with van der Waals surface area (Å²) in [7, 11) is 0. The van der Waals surface area contributed by atoms with Crippen LogP contribution in [0, 0.1) is 5.82 Å². The Morgan fingerprint density at radius 3 is 2.05 bits per heavy atom. The van der Waals surface area contributed by atoms with Gasteiger partial charge in [0, 0.05) is 12.2 Å². The van der Waals surface area contributed by atoms with E-state index in [-0.39, 0.29) is 5.82 Å². The molecule has 1 aromatic rings. The molecule has 0 spiro atoms. The summed E-state index contributed by atoms with van der Waals surface area (Å²) in [4.78, 5) is 0. The quantitative estimate of drug-likeness (QED) is 0.407. The number of unbranched alkanes of at least 4 members (excludes halogenated alkanes) is 8. The minimum atomic E-state index is -0.237. The number of rotatable bonds is 11. The van der Waals surface area contributed by atoms with Crippen molar-refractivity contribution in [2.24, 2.45) is 0 Å². The van der Waals surface area contributed by atoms with Crippen molar-refractivity contribution in [1.82, 2.24) is 5.32 Å². The summed E-state index contributed by atoms with van der Waals surface area (Å²) in [5.74, 6) is -0.237. The highest BCUT2D eigenvalue weighted by molar-refractivity contribution is 7.80. The molecule has 22 heavy (non-hydrogen) atoms. The van der Waals surface area contributed by atoms with Crippen LogP contribution in [0.1, 0.15) is 64.7 Å². The summed E-state index contributed by atoms with van der Waals surface area (Å²) in [5, 5.41) is 6.85. The topological polar surface area (TPSA) is 24.1 Å². The van der Waals surface area contributed by atoms with E-state index in [1.807, 2.05) is 0 Å². The second kappa shape index (κ2) is 12.4. The molecular formula is C18H29FN2S. The molecule has 0 aliphatic heterocycles. The zero-order valence-corrected chi connectivity index (χ0v) is 14.5. The zero-order valence-electron chi connectivity index (χ0n) is 13.7. The maximum absolute atomic E-state index is 12.8. The van der Waals surface area contributed by atoms with Crippen LogP contribution in [0.4, 0.5) is 10.1 Å². The summed E-state index contributed by atoms with van der Waals surface area (Å²) in [6.45, 7) is 3.14. The molecule has 0 aromatic heterocycles. The Morgan fingerprint density at radius 2 is 1.45 bits per heavy atom. The normalized spacial score (nSPS) is 10.5. The second-order valence-corrected chi connectivity index (χ2v) is 6.12. The maximum Gasteiger partial charge on any atom is 0.170 e. The minimum Gasteiger partial charge on any atom is -0.362 e. The van der Waals surface area contributed by atoms with Crippen molar-refractivity contribution in [3.63, 3.8) is 0 Å². The predicted molar refractivity (Wildman–Crippen MR) is 97.9 cm³/mol. The van der Waals surface area contributed by atoms with Crippen molar-refractivity contribution in [3.8, 4) is 0 Å². The van der Waals surface area contributed by atoms with Crippen LogP contribution in [-0.2, 0) is 0 Å². The molecule has 0 saturated heterocycles. The van der Waals surface area contributed by atoms with Crippen molar-refractivity contribution in [1.29, 1.82) is 0 Å². The average Bonchev–Trinajstić information content (AvgIpc) is 2.51. The third-order valence-corrected chi connectivity index (χ3v) is 3.91. The Bertz CT molecular complexity index is 406. The smallest absolute Gasteiger partial charge is 0.170 e. The van der Waals surface area contributed by atoms with Crippen LogP contribution >= 0.6 is 12.2 Å². The molecule has 0 heterocycles. The molecule has 0 atom stereocenters. The third kappa shape index (κ3) is 9.72. The Hall–Kier alpha value is -1.16. The van der Waals surface area contributed by atoms with Crippen LogP contribution in [0.15, 0.2) is 24.3 Å². The van der Waals surface area contributed by atoms with Gasteiger partial charge in [-0.25, -0.2) is 4.39 Å². The number of hydrogen-bond donors (Lipinski definition) is 2. The highest BCUT2D eigenvalue weighted by Gasteiger charge is 1.98. The van der Waals surface area contributed by atoms with Gasteiger partial charge in [-0.3, -0.25) is 0 Å². The van der Waals surface area contributed by atoms with Crippen molar-refractivity contribution in [3.05, 3.63) is 30.1 Å². The van der Waals surface area contributed by atoms with Gasteiger partial charge in [0.15, 0.2) is 5.11 Å². The summed E-state index contributed by atoms with van der Waals surface area (Å²) in [5.41, 5.74) is 0.811. The summed E-state index contributed by atoms with van der Waals surface area (Å²) in [6.07, 6.45) is 11.9. The molecule has 4 heteroatoms. The van der Waals surface area contributed by atoms with E-state index in [1.54, 1.807) is 12.1 Å². The van der Waals surface area contributed by atoms with Gasteiger partial charge in [0.05, 0.1) is 0 Å². The van der Waals surface area contributed by atoms with E-state index >= 15 is 0 Å². The molecule has 0 bridgehead atoms. The number of hydrogen-bond acceptors (Lipinski definition) is 1. The van der Waals surface area contributed by atoms with Gasteiger partial charge >= 0.3 is 0 Å². The Balaban J connectivity index is 1.93. The van der Waals surface area contributed by atoms with E-state index in [1.165, 1.54) is 63.5 Å². The third-order valence-electron chi connectivity index (χ3n) is 3.67. The second-order valence-electron chi connectivity index (χ2n) is 5.72. The molecule has 0 aliphatic carbocycles. The monoisotopic (exact) mass is 324 g/mol. The molecule has 0 amide bonds. The minimum absolute atomic E-state index is 0.237. The Labute approximate surface area is 139 Å². The van der Waals surface area contributed by atoms with E-state index in [0.29, 0.717) is 5.11 Å². The van der Waals surface area contributed by atoms with E-state index in [9.17, 15) is 4.39 Å². The van der Waals surface area contributed by atoms with Gasteiger partial charge in [-0.2, -0.15) is 0 Å². The fraction of sp³-hybridized carbons (Fsp3) is 0.611. The van der Waals surface area contributed by atoms with Crippen LogP contribution in [0.25, 0.3) is 0 Å². The van der Waals surface area contributed by atoms with Crippen molar-refractivity contribution < 1.29 is 4.39 Å². The summed E-state index contributed by atoms with van der Waals surface area (Å²) >= 11 is 5.21. The predicted octanol–water partition coefficient (Wildman–Crippen LogP) is 5.64. The van der Waals surface area contributed by atoms with E-state index in [4.69, 9.17) is 12.2 Å². The molecule has 0 aliphatic rings. The van der Waals surface area contributed by atoms with Gasteiger partial charge in [0.1, 0.15) is 5.82 Å². The zero-order chi connectivity index (χ0) is 16.0. The first-order valence-electron chi connectivity index (χ1n) is 8.53.